The number of halogens is 4. The first-order valence-electron chi connectivity index (χ1n) is 9.85. The molecule has 32 heavy (non-hydrogen) atoms. The maximum atomic E-state index is 14.2. The van der Waals surface area contributed by atoms with Gasteiger partial charge in [0.15, 0.2) is 17.2 Å². The molecule has 2 N–H and O–H groups in total. The topological polar surface area (TPSA) is 88.8 Å². The molecule has 1 aromatic carbocycles. The first-order chi connectivity index (χ1) is 14.9. The Hall–Kier alpha value is -3.21. The number of nitrogens with one attached hydrogen (secondary N) is 1. The van der Waals surface area contributed by atoms with Crippen molar-refractivity contribution in [2.45, 2.75) is 50.6 Å². The Morgan fingerprint density at radius 1 is 1.28 bits per heavy atom. The molecule has 0 saturated heterocycles. The number of aliphatic hydroxyl groups is 1. The van der Waals surface area contributed by atoms with Crippen molar-refractivity contribution in [2.75, 3.05) is 0 Å². The minimum atomic E-state index is -5.05. The van der Waals surface area contributed by atoms with Gasteiger partial charge in [0.05, 0.1) is 17.8 Å². The maximum absolute atomic E-state index is 14.2. The maximum Gasteiger partial charge on any atom is 0.573 e. The molecule has 0 spiro atoms. The number of benzene rings is 1. The quantitative estimate of drug-likeness (QED) is 0.554. The van der Waals surface area contributed by atoms with Crippen molar-refractivity contribution in [3.8, 4) is 5.75 Å². The minimum absolute atomic E-state index is 0.0565. The zero-order valence-electron chi connectivity index (χ0n) is 17.2. The van der Waals surface area contributed by atoms with E-state index >= 15 is 0 Å². The number of carbonyl (C=O) groups is 1. The summed E-state index contributed by atoms with van der Waals surface area (Å²) in [6.45, 7) is 2.77. The molecule has 11 heteroatoms. The van der Waals surface area contributed by atoms with Crippen LogP contribution in [0.5, 0.6) is 5.75 Å². The van der Waals surface area contributed by atoms with E-state index in [4.69, 9.17) is 0 Å². The third kappa shape index (κ3) is 4.67. The predicted octanol–water partition coefficient (Wildman–Crippen LogP) is 3.89. The van der Waals surface area contributed by atoms with Crippen molar-refractivity contribution in [2.24, 2.45) is 0 Å². The summed E-state index contributed by atoms with van der Waals surface area (Å²) in [5, 5.41) is 17.3. The molecule has 1 atom stereocenters. The van der Waals surface area contributed by atoms with Crippen molar-refractivity contribution >= 4 is 11.6 Å². The Bertz CT molecular complexity index is 1170. The SMILES string of the molecule is CC(C)(O)C(NC(=O)c1cnn2ccc(C3CC3)nc12)c1ccc(OC(F)(F)F)c(F)c1. The molecule has 1 aliphatic carbocycles. The lowest BCUT2D eigenvalue weighted by Crippen LogP contribution is -2.42. The molecule has 1 fully saturated rings. The van der Waals surface area contributed by atoms with Crippen LogP contribution in [0.3, 0.4) is 0 Å². The Morgan fingerprint density at radius 3 is 2.59 bits per heavy atom. The van der Waals surface area contributed by atoms with Gasteiger partial charge in [-0.3, -0.25) is 4.79 Å². The van der Waals surface area contributed by atoms with Crippen LogP contribution in [0.2, 0.25) is 0 Å². The van der Waals surface area contributed by atoms with Crippen molar-refractivity contribution in [1.29, 1.82) is 0 Å². The fourth-order valence-corrected chi connectivity index (χ4v) is 3.43. The van der Waals surface area contributed by atoms with Crippen LogP contribution in [0.4, 0.5) is 17.6 Å². The van der Waals surface area contributed by atoms with E-state index in [2.05, 4.69) is 20.1 Å². The monoisotopic (exact) mass is 452 g/mol. The molecular weight excluding hydrogens is 432 g/mol. The number of rotatable bonds is 6. The number of hydrogen-bond donors (Lipinski definition) is 2. The van der Waals surface area contributed by atoms with E-state index in [0.717, 1.165) is 36.7 Å². The van der Waals surface area contributed by atoms with E-state index in [1.165, 1.54) is 24.6 Å². The molecule has 0 radical (unpaired) electrons. The number of nitrogens with zero attached hydrogens (tertiary/aromatic N) is 3. The van der Waals surface area contributed by atoms with Crippen LogP contribution in [0.1, 0.15) is 60.3 Å². The van der Waals surface area contributed by atoms with Gasteiger partial charge >= 0.3 is 6.36 Å². The first kappa shape index (κ1) is 22.0. The fourth-order valence-electron chi connectivity index (χ4n) is 3.43. The molecule has 3 aromatic rings. The third-order valence-electron chi connectivity index (χ3n) is 5.13. The molecule has 170 valence electrons. The number of fused-ring (bicyclic) bond motifs is 1. The van der Waals surface area contributed by atoms with Gasteiger partial charge in [0.2, 0.25) is 0 Å². The van der Waals surface area contributed by atoms with Crippen molar-refractivity contribution in [1.82, 2.24) is 19.9 Å². The number of alkyl halides is 3. The van der Waals surface area contributed by atoms with Crippen molar-refractivity contribution < 1.29 is 32.2 Å². The number of hydrogen-bond acceptors (Lipinski definition) is 5. The van der Waals surface area contributed by atoms with E-state index in [-0.39, 0.29) is 11.1 Å². The highest BCUT2D eigenvalue weighted by atomic mass is 19.4. The van der Waals surface area contributed by atoms with Gasteiger partial charge in [-0.2, -0.15) is 5.10 Å². The summed E-state index contributed by atoms with van der Waals surface area (Å²) in [4.78, 5) is 17.5. The molecule has 1 saturated carbocycles. The second-order valence-electron chi connectivity index (χ2n) is 8.25. The number of aromatic nitrogens is 3. The lowest BCUT2D eigenvalue weighted by Gasteiger charge is -2.30. The highest BCUT2D eigenvalue weighted by molar-refractivity contribution is 5.99. The van der Waals surface area contributed by atoms with Crippen LogP contribution in [-0.4, -0.2) is 37.6 Å². The van der Waals surface area contributed by atoms with Crippen LogP contribution in [0.15, 0.2) is 36.7 Å². The van der Waals surface area contributed by atoms with Gasteiger partial charge in [-0.1, -0.05) is 6.07 Å². The van der Waals surface area contributed by atoms with E-state index in [1.807, 2.05) is 6.07 Å². The normalized spacial score (nSPS) is 15.6. The number of amides is 1. The van der Waals surface area contributed by atoms with E-state index in [1.54, 1.807) is 6.20 Å². The van der Waals surface area contributed by atoms with Gasteiger partial charge in [-0.25, -0.2) is 13.9 Å². The lowest BCUT2D eigenvalue weighted by atomic mass is 9.91. The van der Waals surface area contributed by atoms with Gasteiger partial charge in [0, 0.05) is 17.8 Å². The van der Waals surface area contributed by atoms with Crippen molar-refractivity contribution in [3.63, 3.8) is 0 Å². The van der Waals surface area contributed by atoms with Crippen LogP contribution >= 0.6 is 0 Å². The fraction of sp³-hybridized carbons (Fsp3) is 0.381. The van der Waals surface area contributed by atoms with Gasteiger partial charge in [0.1, 0.15) is 5.56 Å². The minimum Gasteiger partial charge on any atom is -0.403 e. The Kier molecular flexibility index (Phi) is 5.32. The van der Waals surface area contributed by atoms with E-state index in [9.17, 15) is 27.5 Å². The summed E-state index contributed by atoms with van der Waals surface area (Å²) < 4.78 is 56.5. The lowest BCUT2D eigenvalue weighted by molar-refractivity contribution is -0.275. The second kappa shape index (κ2) is 7.73. The highest BCUT2D eigenvalue weighted by Gasteiger charge is 2.35. The smallest absolute Gasteiger partial charge is 0.403 e. The molecule has 2 heterocycles. The summed E-state index contributed by atoms with van der Waals surface area (Å²) in [6.07, 6.45) is 0.0338. The standard InChI is InChI=1S/C21H20F4N4O3/c1-20(2,31)17(12-5-6-16(14(22)9-12)32-21(23,24)25)28-19(30)13-10-26-29-8-7-15(11-3-4-11)27-18(13)29/h5-11,17,31H,3-4H2,1-2H3,(H,28,30). The summed E-state index contributed by atoms with van der Waals surface area (Å²) in [7, 11) is 0. The Labute approximate surface area is 180 Å². The Balaban J connectivity index is 1.63. The number of ether oxygens (including phenoxy) is 1. The molecule has 4 rings (SSSR count). The zero-order chi connectivity index (χ0) is 23.3. The van der Waals surface area contributed by atoms with E-state index < -0.39 is 35.5 Å². The molecule has 1 amide bonds. The van der Waals surface area contributed by atoms with Crippen LogP contribution < -0.4 is 10.1 Å². The van der Waals surface area contributed by atoms with Gasteiger partial charge in [-0.15, -0.1) is 13.2 Å². The molecule has 1 aliphatic rings. The average Bonchev–Trinajstić information content (AvgIpc) is 3.45. The third-order valence-corrected chi connectivity index (χ3v) is 5.13. The molecule has 7 nitrogen and oxygen atoms in total. The van der Waals surface area contributed by atoms with Gasteiger partial charge in [0.25, 0.3) is 5.91 Å². The average molecular weight is 452 g/mol. The largest absolute Gasteiger partial charge is 0.573 e. The van der Waals surface area contributed by atoms with E-state index in [0.29, 0.717) is 11.6 Å². The highest BCUT2D eigenvalue weighted by Crippen LogP contribution is 2.39. The van der Waals surface area contributed by atoms with Crippen LogP contribution in [0.25, 0.3) is 5.65 Å². The summed E-state index contributed by atoms with van der Waals surface area (Å²) in [5.74, 6) is -2.56. The molecule has 0 aliphatic heterocycles. The number of carbonyl (C=O) groups excluding carboxylic acids is 1. The summed E-state index contributed by atoms with van der Waals surface area (Å²) in [5.41, 5.74) is -0.181. The van der Waals surface area contributed by atoms with Gasteiger partial charge in [-0.05, 0) is 50.5 Å². The van der Waals surface area contributed by atoms with Gasteiger partial charge < -0.3 is 15.2 Å². The van der Waals surface area contributed by atoms with Crippen LogP contribution in [-0.2, 0) is 0 Å². The predicted molar refractivity (Wildman–Crippen MR) is 105 cm³/mol. The second-order valence-corrected chi connectivity index (χ2v) is 8.25. The summed E-state index contributed by atoms with van der Waals surface area (Å²) in [6, 6.07) is 3.41. The zero-order valence-corrected chi connectivity index (χ0v) is 17.2. The molecule has 2 aromatic heterocycles. The first-order valence-corrected chi connectivity index (χ1v) is 9.85. The van der Waals surface area contributed by atoms with Crippen molar-refractivity contribution in [3.05, 3.63) is 59.3 Å². The van der Waals surface area contributed by atoms with Crippen LogP contribution in [0, 0.1) is 5.82 Å². The molecular formula is C21H20F4N4O3. The molecule has 1 unspecified atom stereocenters. The Morgan fingerprint density at radius 2 is 2.00 bits per heavy atom. The summed E-state index contributed by atoms with van der Waals surface area (Å²) >= 11 is 0. The molecule has 0 bridgehead atoms.